The molecule has 0 radical (unpaired) electrons. The van der Waals surface area contributed by atoms with Gasteiger partial charge in [0.05, 0.1) is 12.7 Å². The molecule has 1 aromatic carbocycles. The molecule has 2 aromatic rings. The summed E-state index contributed by atoms with van der Waals surface area (Å²) < 4.78 is 5.51. The highest BCUT2D eigenvalue weighted by Crippen LogP contribution is 2.22. The first-order valence-electron chi connectivity index (χ1n) is 4.87. The summed E-state index contributed by atoms with van der Waals surface area (Å²) in [5.74, 6) is 1.18. The van der Waals surface area contributed by atoms with Gasteiger partial charge < -0.3 is 10.5 Å². The number of anilines is 1. The van der Waals surface area contributed by atoms with Crippen LogP contribution in [0.1, 0.15) is 11.4 Å². The zero-order chi connectivity index (χ0) is 11.5. The molecule has 0 aliphatic carbocycles. The average Bonchev–Trinajstić information content (AvgIpc) is 2.66. The molecular weight excluding hydrogens is 206 g/mol. The molecule has 0 aliphatic heterocycles. The van der Waals surface area contributed by atoms with Crippen LogP contribution in [0.3, 0.4) is 0 Å². The molecule has 0 saturated carbocycles. The quantitative estimate of drug-likeness (QED) is 0.768. The summed E-state index contributed by atoms with van der Waals surface area (Å²) in [7, 11) is 1.71. The number of aryl methyl sites for hydroxylation is 2. The van der Waals surface area contributed by atoms with Gasteiger partial charge in [0.1, 0.15) is 5.75 Å². The van der Waals surface area contributed by atoms with E-state index in [9.17, 15) is 0 Å². The van der Waals surface area contributed by atoms with Gasteiger partial charge in [-0.3, -0.25) is 0 Å². The third-order valence-electron chi connectivity index (χ3n) is 2.08. The number of tetrazole rings is 1. The Morgan fingerprint density at radius 2 is 2.25 bits per heavy atom. The molecule has 1 aromatic heterocycles. The number of hydrogen-bond donors (Lipinski definition) is 1. The summed E-state index contributed by atoms with van der Waals surface area (Å²) in [4.78, 5) is 1.39. The van der Waals surface area contributed by atoms with Crippen LogP contribution in [-0.4, -0.2) is 20.2 Å². The standard InChI is InChI=1S/C10H13N5O/c1-7-3-4-8(11)9(5-7)16-6-10-12-14-15(2)13-10/h3-5H,6,11H2,1-2H3. The highest BCUT2D eigenvalue weighted by atomic mass is 16.5. The van der Waals surface area contributed by atoms with E-state index >= 15 is 0 Å². The van der Waals surface area contributed by atoms with Crippen molar-refractivity contribution >= 4 is 5.69 Å². The summed E-state index contributed by atoms with van der Waals surface area (Å²) in [6.07, 6.45) is 0. The molecule has 0 bridgehead atoms. The predicted molar refractivity (Wildman–Crippen MR) is 58.7 cm³/mol. The summed E-state index contributed by atoms with van der Waals surface area (Å²) >= 11 is 0. The average molecular weight is 219 g/mol. The van der Waals surface area contributed by atoms with Crippen molar-refractivity contribution in [2.45, 2.75) is 13.5 Å². The van der Waals surface area contributed by atoms with E-state index in [4.69, 9.17) is 10.5 Å². The molecule has 0 unspecified atom stereocenters. The summed E-state index contributed by atoms with van der Waals surface area (Å²) in [6, 6.07) is 5.63. The first-order valence-corrected chi connectivity index (χ1v) is 4.87. The molecule has 16 heavy (non-hydrogen) atoms. The lowest BCUT2D eigenvalue weighted by atomic mass is 10.2. The second kappa shape index (κ2) is 4.18. The Bertz CT molecular complexity index is 494. The van der Waals surface area contributed by atoms with Gasteiger partial charge in [0.25, 0.3) is 0 Å². The number of aromatic nitrogens is 4. The van der Waals surface area contributed by atoms with Crippen molar-refractivity contribution in [2.75, 3.05) is 5.73 Å². The van der Waals surface area contributed by atoms with Gasteiger partial charge in [-0.1, -0.05) is 6.07 Å². The largest absolute Gasteiger partial charge is 0.483 e. The molecule has 0 aliphatic rings. The molecule has 6 nitrogen and oxygen atoms in total. The van der Waals surface area contributed by atoms with Crippen molar-refractivity contribution in [1.82, 2.24) is 20.2 Å². The van der Waals surface area contributed by atoms with Crippen LogP contribution in [0.25, 0.3) is 0 Å². The minimum atomic E-state index is 0.265. The van der Waals surface area contributed by atoms with E-state index in [0.29, 0.717) is 17.3 Å². The number of ether oxygens (including phenoxy) is 1. The topological polar surface area (TPSA) is 78.9 Å². The number of hydrogen-bond acceptors (Lipinski definition) is 5. The molecule has 0 spiro atoms. The fourth-order valence-corrected chi connectivity index (χ4v) is 1.29. The fourth-order valence-electron chi connectivity index (χ4n) is 1.29. The van der Waals surface area contributed by atoms with Crippen LogP contribution in [0.5, 0.6) is 5.75 Å². The maximum Gasteiger partial charge on any atom is 0.212 e. The van der Waals surface area contributed by atoms with E-state index in [1.807, 2.05) is 25.1 Å². The Labute approximate surface area is 93.0 Å². The van der Waals surface area contributed by atoms with E-state index in [-0.39, 0.29) is 6.61 Å². The third-order valence-corrected chi connectivity index (χ3v) is 2.08. The van der Waals surface area contributed by atoms with Crippen LogP contribution < -0.4 is 10.5 Å². The molecule has 2 rings (SSSR count). The van der Waals surface area contributed by atoms with Crippen LogP contribution >= 0.6 is 0 Å². The Kier molecular flexibility index (Phi) is 2.72. The number of nitrogens with two attached hydrogens (primary N) is 1. The summed E-state index contributed by atoms with van der Waals surface area (Å²) in [6.45, 7) is 2.24. The van der Waals surface area contributed by atoms with E-state index in [1.54, 1.807) is 7.05 Å². The fraction of sp³-hybridized carbons (Fsp3) is 0.300. The number of benzene rings is 1. The molecule has 0 fully saturated rings. The first kappa shape index (κ1) is 10.4. The monoisotopic (exact) mass is 219 g/mol. The van der Waals surface area contributed by atoms with Gasteiger partial charge in [0.2, 0.25) is 5.82 Å². The van der Waals surface area contributed by atoms with E-state index in [0.717, 1.165) is 5.56 Å². The van der Waals surface area contributed by atoms with Crippen LogP contribution in [-0.2, 0) is 13.7 Å². The van der Waals surface area contributed by atoms with E-state index < -0.39 is 0 Å². The Hall–Kier alpha value is -2.11. The zero-order valence-electron chi connectivity index (χ0n) is 9.21. The van der Waals surface area contributed by atoms with Crippen molar-refractivity contribution in [1.29, 1.82) is 0 Å². The molecule has 0 amide bonds. The van der Waals surface area contributed by atoms with E-state index in [2.05, 4.69) is 15.4 Å². The molecule has 1 heterocycles. The van der Waals surface area contributed by atoms with Gasteiger partial charge in [-0.05, 0) is 29.8 Å². The SMILES string of the molecule is Cc1ccc(N)c(OCc2nnn(C)n2)c1. The lowest BCUT2D eigenvalue weighted by Gasteiger charge is -2.07. The smallest absolute Gasteiger partial charge is 0.212 e. The van der Waals surface area contributed by atoms with Gasteiger partial charge in [-0.15, -0.1) is 10.2 Å². The van der Waals surface area contributed by atoms with Crippen LogP contribution in [0, 0.1) is 6.92 Å². The molecule has 84 valence electrons. The Morgan fingerprint density at radius 3 is 2.94 bits per heavy atom. The van der Waals surface area contributed by atoms with Gasteiger partial charge in [-0.2, -0.15) is 4.80 Å². The van der Waals surface area contributed by atoms with Crippen LogP contribution in [0.15, 0.2) is 18.2 Å². The summed E-state index contributed by atoms with van der Waals surface area (Å²) in [5.41, 5.74) is 7.47. The molecule has 2 N–H and O–H groups in total. The molecule has 0 atom stereocenters. The normalized spacial score (nSPS) is 10.4. The maximum absolute atomic E-state index is 5.77. The van der Waals surface area contributed by atoms with Gasteiger partial charge >= 0.3 is 0 Å². The number of rotatable bonds is 3. The van der Waals surface area contributed by atoms with Crippen molar-refractivity contribution < 1.29 is 4.74 Å². The number of nitrogen functional groups attached to an aromatic ring is 1. The van der Waals surface area contributed by atoms with E-state index in [1.165, 1.54) is 4.80 Å². The second-order valence-corrected chi connectivity index (χ2v) is 3.53. The Balaban J connectivity index is 2.07. The third kappa shape index (κ3) is 2.28. The number of nitrogens with zero attached hydrogens (tertiary/aromatic N) is 4. The Morgan fingerprint density at radius 1 is 1.44 bits per heavy atom. The molecular formula is C10H13N5O. The van der Waals surface area contributed by atoms with Gasteiger partial charge in [0.15, 0.2) is 6.61 Å². The molecule has 6 heteroatoms. The predicted octanol–water partition coefficient (Wildman–Crippen LogP) is 0.680. The van der Waals surface area contributed by atoms with Gasteiger partial charge in [0, 0.05) is 0 Å². The lowest BCUT2D eigenvalue weighted by molar-refractivity contribution is 0.297. The maximum atomic E-state index is 5.77. The van der Waals surface area contributed by atoms with Crippen LogP contribution in [0.2, 0.25) is 0 Å². The summed E-state index contributed by atoms with van der Waals surface area (Å²) in [5, 5.41) is 11.5. The minimum Gasteiger partial charge on any atom is -0.483 e. The van der Waals surface area contributed by atoms with Crippen molar-refractivity contribution in [3.8, 4) is 5.75 Å². The van der Waals surface area contributed by atoms with Gasteiger partial charge in [-0.25, -0.2) is 0 Å². The van der Waals surface area contributed by atoms with Crippen molar-refractivity contribution in [2.24, 2.45) is 7.05 Å². The van der Waals surface area contributed by atoms with Crippen LogP contribution in [0.4, 0.5) is 5.69 Å². The lowest BCUT2D eigenvalue weighted by Crippen LogP contribution is -2.01. The molecule has 0 saturated heterocycles. The van der Waals surface area contributed by atoms with Crippen molar-refractivity contribution in [3.63, 3.8) is 0 Å². The zero-order valence-corrected chi connectivity index (χ0v) is 9.21. The second-order valence-electron chi connectivity index (χ2n) is 3.53. The first-order chi connectivity index (χ1) is 7.65. The van der Waals surface area contributed by atoms with Crippen molar-refractivity contribution in [3.05, 3.63) is 29.6 Å². The minimum absolute atomic E-state index is 0.265. The highest BCUT2D eigenvalue weighted by Gasteiger charge is 2.04. The highest BCUT2D eigenvalue weighted by molar-refractivity contribution is 5.53.